The van der Waals surface area contributed by atoms with E-state index in [1.165, 1.54) is 6.07 Å². The minimum atomic E-state index is -0.320. The van der Waals surface area contributed by atoms with Crippen LogP contribution in [0.2, 0.25) is 0 Å². The number of hydrogen-bond donors (Lipinski definition) is 2. The Morgan fingerprint density at radius 2 is 2.10 bits per heavy atom. The van der Waals surface area contributed by atoms with Gasteiger partial charge in [-0.1, -0.05) is 0 Å². The topological polar surface area (TPSA) is 41.1 Å². The molecule has 0 bridgehead atoms. The van der Waals surface area contributed by atoms with E-state index >= 15 is 0 Å². The summed E-state index contributed by atoms with van der Waals surface area (Å²) in [6.45, 7) is 2.01. The van der Waals surface area contributed by atoms with Crippen LogP contribution in [0.15, 0.2) is 22.7 Å². The van der Waals surface area contributed by atoms with E-state index in [2.05, 4.69) is 26.6 Å². The summed E-state index contributed by atoms with van der Waals surface area (Å²) in [7, 11) is 0. The maximum Gasteiger partial charge on any atom is 0.228 e. The molecule has 1 amide bonds. The summed E-state index contributed by atoms with van der Waals surface area (Å²) in [5.41, 5.74) is 0.876. The molecule has 2 N–H and O–H groups in total. The highest BCUT2D eigenvalue weighted by atomic mass is 79.9. The monoisotopic (exact) mass is 362 g/mol. The van der Waals surface area contributed by atoms with Gasteiger partial charge in [0.15, 0.2) is 0 Å². The number of carbonyl (C=O) groups excluding carboxylic acids is 1. The highest BCUT2D eigenvalue weighted by Crippen LogP contribution is 2.58. The molecule has 6 heteroatoms. The van der Waals surface area contributed by atoms with E-state index in [1.807, 2.05) is 0 Å². The molecule has 3 rings (SSSR count). The minimum absolute atomic E-state index is 0. The van der Waals surface area contributed by atoms with E-state index in [-0.39, 0.29) is 35.5 Å². The van der Waals surface area contributed by atoms with Gasteiger partial charge in [0.1, 0.15) is 5.82 Å². The molecule has 1 saturated carbocycles. The Morgan fingerprint density at radius 3 is 2.75 bits per heavy atom. The second-order valence-corrected chi connectivity index (χ2v) is 6.34. The van der Waals surface area contributed by atoms with Crippen LogP contribution in [0.25, 0.3) is 0 Å². The number of benzene rings is 1. The number of anilines is 1. The Kier molecular flexibility index (Phi) is 4.72. The van der Waals surface area contributed by atoms with Gasteiger partial charge in [-0.2, -0.15) is 0 Å². The van der Waals surface area contributed by atoms with E-state index in [1.54, 1.807) is 12.1 Å². The Hall–Kier alpha value is -0.650. The molecule has 2 aliphatic rings. The second-order valence-electron chi connectivity index (χ2n) is 5.49. The predicted molar refractivity (Wildman–Crippen MR) is 82.6 cm³/mol. The molecule has 0 aromatic heterocycles. The van der Waals surface area contributed by atoms with Gasteiger partial charge in [-0.15, -0.1) is 12.4 Å². The van der Waals surface area contributed by atoms with Crippen LogP contribution in [-0.2, 0) is 4.79 Å². The summed E-state index contributed by atoms with van der Waals surface area (Å²) in [5, 5.41) is 6.21. The molecule has 110 valence electrons. The summed E-state index contributed by atoms with van der Waals surface area (Å²) in [5.74, 6) is -0.127. The lowest BCUT2D eigenvalue weighted by atomic mass is 9.92. The van der Waals surface area contributed by atoms with Crippen molar-refractivity contribution in [2.45, 2.75) is 19.3 Å². The smallest absolute Gasteiger partial charge is 0.228 e. The fraction of sp³-hybridized carbons (Fsp3) is 0.500. The SMILES string of the molecule is Cl.O=C(Nc1ccc(F)c(Br)c1)C1CC12CCNCC2. The summed E-state index contributed by atoms with van der Waals surface area (Å²) in [6, 6.07) is 4.55. The number of hydrogen-bond acceptors (Lipinski definition) is 2. The number of rotatable bonds is 2. The van der Waals surface area contributed by atoms with Crippen molar-refractivity contribution in [1.29, 1.82) is 0 Å². The molecule has 1 heterocycles. The van der Waals surface area contributed by atoms with Crippen molar-refractivity contribution in [1.82, 2.24) is 5.32 Å². The molecule has 2 fully saturated rings. The lowest BCUT2D eigenvalue weighted by Crippen LogP contribution is -2.31. The van der Waals surface area contributed by atoms with Gasteiger partial charge in [0.05, 0.1) is 4.47 Å². The molecule has 0 radical (unpaired) electrons. The van der Waals surface area contributed by atoms with E-state index in [0.717, 1.165) is 32.4 Å². The van der Waals surface area contributed by atoms with Gasteiger partial charge in [-0.3, -0.25) is 4.79 Å². The maximum atomic E-state index is 13.1. The highest BCUT2D eigenvalue weighted by molar-refractivity contribution is 9.10. The molecule has 1 unspecified atom stereocenters. The van der Waals surface area contributed by atoms with Crippen LogP contribution in [-0.4, -0.2) is 19.0 Å². The average Bonchev–Trinajstić information content (AvgIpc) is 3.08. The van der Waals surface area contributed by atoms with Gasteiger partial charge in [0.25, 0.3) is 0 Å². The molecule has 20 heavy (non-hydrogen) atoms. The van der Waals surface area contributed by atoms with Gasteiger partial charge in [0.2, 0.25) is 5.91 Å². The molecule has 1 aromatic rings. The maximum absolute atomic E-state index is 13.1. The van der Waals surface area contributed by atoms with Gasteiger partial charge >= 0.3 is 0 Å². The van der Waals surface area contributed by atoms with Crippen molar-refractivity contribution >= 4 is 39.9 Å². The first-order chi connectivity index (χ1) is 9.11. The van der Waals surface area contributed by atoms with Crippen LogP contribution >= 0.6 is 28.3 Å². The molecule has 1 aromatic carbocycles. The average molecular weight is 364 g/mol. The van der Waals surface area contributed by atoms with Gasteiger partial charge in [0, 0.05) is 11.6 Å². The highest BCUT2D eigenvalue weighted by Gasteiger charge is 2.57. The number of nitrogens with one attached hydrogen (secondary N) is 2. The number of amides is 1. The lowest BCUT2D eigenvalue weighted by molar-refractivity contribution is -0.118. The van der Waals surface area contributed by atoms with Crippen molar-refractivity contribution in [3.63, 3.8) is 0 Å². The first-order valence-electron chi connectivity index (χ1n) is 6.57. The fourth-order valence-electron chi connectivity index (χ4n) is 3.00. The zero-order valence-corrected chi connectivity index (χ0v) is 13.3. The van der Waals surface area contributed by atoms with Crippen molar-refractivity contribution in [3.8, 4) is 0 Å². The number of carbonyl (C=O) groups is 1. The lowest BCUT2D eigenvalue weighted by Gasteiger charge is -2.23. The number of halogens is 3. The summed E-state index contributed by atoms with van der Waals surface area (Å²) >= 11 is 3.12. The van der Waals surface area contributed by atoms with Crippen LogP contribution in [0.4, 0.5) is 10.1 Å². The van der Waals surface area contributed by atoms with Crippen molar-refractivity contribution in [3.05, 3.63) is 28.5 Å². The van der Waals surface area contributed by atoms with Crippen molar-refractivity contribution in [2.24, 2.45) is 11.3 Å². The normalized spacial score (nSPS) is 23.0. The van der Waals surface area contributed by atoms with E-state index in [0.29, 0.717) is 10.2 Å². The molecule has 3 nitrogen and oxygen atoms in total. The molecular formula is C14H17BrClFN2O. The standard InChI is InChI=1S/C14H16BrFN2O.ClH/c15-11-7-9(1-2-12(11)16)18-13(19)10-8-14(10)3-5-17-6-4-14;/h1-2,7,10,17H,3-6,8H2,(H,18,19);1H. The van der Waals surface area contributed by atoms with E-state index in [9.17, 15) is 9.18 Å². The summed E-state index contributed by atoms with van der Waals surface area (Å²) in [4.78, 5) is 12.2. The van der Waals surface area contributed by atoms with Crippen LogP contribution in [0.5, 0.6) is 0 Å². The third-order valence-corrected chi connectivity index (χ3v) is 4.90. The molecule has 1 saturated heterocycles. The minimum Gasteiger partial charge on any atom is -0.326 e. The van der Waals surface area contributed by atoms with Crippen LogP contribution in [0.3, 0.4) is 0 Å². The van der Waals surface area contributed by atoms with Crippen LogP contribution < -0.4 is 10.6 Å². The molecule has 1 aliphatic heterocycles. The number of piperidine rings is 1. The fourth-order valence-corrected chi connectivity index (χ4v) is 3.38. The van der Waals surface area contributed by atoms with Gasteiger partial charge < -0.3 is 10.6 Å². The Bertz CT molecular complexity index is 520. The predicted octanol–water partition coefficient (Wildman–Crippen LogP) is 3.34. The summed E-state index contributed by atoms with van der Waals surface area (Å²) in [6.07, 6.45) is 3.15. The first-order valence-corrected chi connectivity index (χ1v) is 7.37. The molecule has 1 atom stereocenters. The first kappa shape index (κ1) is 15.7. The van der Waals surface area contributed by atoms with Gasteiger partial charge in [-0.25, -0.2) is 4.39 Å². The third-order valence-electron chi connectivity index (χ3n) is 4.29. The Labute approximate surface area is 132 Å². The molecule has 1 aliphatic carbocycles. The second kappa shape index (κ2) is 6.00. The Morgan fingerprint density at radius 1 is 1.40 bits per heavy atom. The molecular weight excluding hydrogens is 347 g/mol. The van der Waals surface area contributed by atoms with Crippen molar-refractivity contribution in [2.75, 3.05) is 18.4 Å². The van der Waals surface area contributed by atoms with E-state index in [4.69, 9.17) is 0 Å². The van der Waals surface area contributed by atoms with Crippen molar-refractivity contribution < 1.29 is 9.18 Å². The van der Waals surface area contributed by atoms with E-state index < -0.39 is 0 Å². The van der Waals surface area contributed by atoms with Crippen LogP contribution in [0.1, 0.15) is 19.3 Å². The largest absolute Gasteiger partial charge is 0.326 e. The summed E-state index contributed by atoms with van der Waals surface area (Å²) < 4.78 is 13.5. The zero-order chi connectivity index (χ0) is 13.5. The Balaban J connectivity index is 0.00000147. The van der Waals surface area contributed by atoms with Gasteiger partial charge in [-0.05, 0) is 71.9 Å². The zero-order valence-electron chi connectivity index (χ0n) is 10.9. The quantitative estimate of drug-likeness (QED) is 0.846. The third kappa shape index (κ3) is 3.00. The van der Waals surface area contributed by atoms with Crippen LogP contribution in [0, 0.1) is 17.2 Å². The molecule has 1 spiro atoms.